The van der Waals surface area contributed by atoms with Crippen molar-refractivity contribution in [2.24, 2.45) is 0 Å². The number of benzene rings is 26. The second-order valence-corrected chi connectivity index (χ2v) is 38.2. The Morgan fingerprint density at radius 1 is 0.137 bits per heavy atom. The number of hydrogen-bond donors (Lipinski definition) is 0. The topological polar surface area (TPSA) is 38.2 Å². The maximum Gasteiger partial charge on any atom is 0.126 e. The van der Waals surface area contributed by atoms with Gasteiger partial charge < -0.3 is 27.7 Å². The fourth-order valence-electron chi connectivity index (χ4n) is 23.9. The lowest BCUT2D eigenvalue weighted by Gasteiger charge is -2.18. The van der Waals surface area contributed by atoms with E-state index in [2.05, 4.69) is 534 Å². The Morgan fingerprint density at radius 3 is 0.671 bits per heavy atom. The number of hydrogen-bond acceptors (Lipinski definition) is 2. The Labute approximate surface area is 842 Å². The monoisotopic (exact) mass is 1860 g/mol. The molecule has 0 N–H and O–H groups in total. The Bertz CT molecular complexity index is 9930. The first-order valence-electron chi connectivity index (χ1n) is 50.1. The highest BCUT2D eigenvalue weighted by Gasteiger charge is 2.24. The number of ether oxygens (including phenoxy) is 2. The summed E-state index contributed by atoms with van der Waals surface area (Å²) in [4.78, 5) is 0. The molecule has 0 fully saturated rings. The lowest BCUT2D eigenvalue weighted by atomic mass is 9.89. The fraction of sp³-hybridized carbons (Fsp3) is 0.0143. The SMILES string of the molecule is COc1ccc2cc(-c3cccc4c(-c5ccc(OC)c6ccccc56)cccc34)ccc2c1.c1cc(-c2ccc(-n3c4ccccc4c4ccccc43)c3ccccc23)c2cccc(-c3ccc(-n4c5ccccc5c5ccccc54)c4ccccc34)c2c1.c1cc(-c2ccc3cc(-n4c5ccccc5c5ccccc54)ccc3c2)c2cccc(-c3ccc4cc(-n5c6ccccc6c6ccccc65)ccc4c3)c2c1. The summed E-state index contributed by atoms with van der Waals surface area (Å²) in [6, 6.07) is 190. The summed E-state index contributed by atoms with van der Waals surface area (Å²) < 4.78 is 20.7. The molecule has 0 bridgehead atoms. The molecule has 0 atom stereocenters. The molecule has 30 aromatic rings. The largest absolute Gasteiger partial charge is 0.497 e. The summed E-state index contributed by atoms with van der Waals surface area (Å²) in [5.41, 5.74) is 29.3. The average Bonchev–Trinajstić information content (AvgIpc) is 1.58. The van der Waals surface area contributed by atoms with Gasteiger partial charge in [0, 0.05) is 70.6 Å². The average molecular weight is 1860 g/mol. The van der Waals surface area contributed by atoms with Crippen LogP contribution in [0.3, 0.4) is 0 Å². The van der Waals surface area contributed by atoms with Gasteiger partial charge in [-0.05, 0) is 269 Å². The van der Waals surface area contributed by atoms with E-state index in [1.165, 1.54) is 268 Å². The van der Waals surface area contributed by atoms with Gasteiger partial charge in [0.15, 0.2) is 0 Å². The molecule has 684 valence electrons. The van der Waals surface area contributed by atoms with Crippen LogP contribution in [0.4, 0.5) is 0 Å². The molecule has 0 aliphatic carbocycles. The maximum atomic E-state index is 5.62. The van der Waals surface area contributed by atoms with Crippen LogP contribution in [0.2, 0.25) is 0 Å². The van der Waals surface area contributed by atoms with E-state index in [1.807, 2.05) is 6.07 Å². The summed E-state index contributed by atoms with van der Waals surface area (Å²) in [6.45, 7) is 0. The first-order chi connectivity index (χ1) is 72.4. The normalized spacial score (nSPS) is 11.8. The van der Waals surface area contributed by atoms with Crippen LogP contribution in [0.25, 0.3) is 274 Å². The van der Waals surface area contributed by atoms with Gasteiger partial charge in [-0.25, -0.2) is 0 Å². The minimum Gasteiger partial charge on any atom is -0.497 e. The first-order valence-corrected chi connectivity index (χ1v) is 50.1. The molecular weight excluding hydrogens is 1770 g/mol. The Hall–Kier alpha value is -19.1. The number of para-hydroxylation sites is 8. The van der Waals surface area contributed by atoms with Crippen LogP contribution in [0.15, 0.2) is 522 Å². The molecule has 146 heavy (non-hydrogen) atoms. The van der Waals surface area contributed by atoms with Crippen molar-refractivity contribution in [1.82, 2.24) is 18.3 Å². The van der Waals surface area contributed by atoms with Crippen molar-refractivity contribution in [3.63, 3.8) is 0 Å². The molecule has 6 heteroatoms. The fourth-order valence-corrected chi connectivity index (χ4v) is 23.9. The second-order valence-electron chi connectivity index (χ2n) is 38.2. The third-order valence-electron chi connectivity index (χ3n) is 30.5. The summed E-state index contributed by atoms with van der Waals surface area (Å²) in [5.74, 6) is 1.77. The van der Waals surface area contributed by atoms with Crippen LogP contribution in [0, 0.1) is 0 Å². The standard InChI is InChI=1S/2C54H34N2.C32H24O2/c1-5-19-51-47(11-1)48-12-2-6-20-52(48)55(51)41-29-27-35-31-39(25-23-37(35)33-41)43-15-9-18-46-44(16-10-17-45(43)46)40-26-24-38-34-42(30-28-36(38)32-40)56-53-21-7-3-13-49(53)50-14-4-8-22-54(50)56;1-3-17-43-39(15-1)41(31-33-53(43)55-49-27-9-5-19-45(49)46-20-6-10-28-50(46)55)37-25-13-24-36-35(37)23-14-26-38(36)42-32-34-54(44-18-4-2-16-40(42)44)56-51-29-11-7-21-47(51)48-22-8-12-30-52(48)56;1-33-24-16-15-21-19-23(14-13-22(21)20-24)25-9-5-11-27-26(25)10-6-12-28(27)30-17-18-32(34-2)31-8-4-3-7-29(30)31/h2*1-34H;3-20H,1-2H3. The third kappa shape index (κ3) is 13.9. The molecule has 0 aliphatic rings. The zero-order valence-electron chi connectivity index (χ0n) is 80.3. The van der Waals surface area contributed by atoms with Crippen LogP contribution >= 0.6 is 0 Å². The van der Waals surface area contributed by atoms with E-state index in [0.717, 1.165) is 16.9 Å². The molecular formula is C140H92N4O2. The molecule has 0 amide bonds. The van der Waals surface area contributed by atoms with Crippen LogP contribution in [0.1, 0.15) is 0 Å². The van der Waals surface area contributed by atoms with Crippen molar-refractivity contribution in [2.75, 3.05) is 14.2 Å². The van der Waals surface area contributed by atoms with Gasteiger partial charge >= 0.3 is 0 Å². The van der Waals surface area contributed by atoms with Crippen molar-refractivity contribution in [2.45, 2.75) is 0 Å². The molecule has 0 radical (unpaired) electrons. The van der Waals surface area contributed by atoms with E-state index in [0.29, 0.717) is 0 Å². The number of fused-ring (bicyclic) bond motifs is 21. The molecule has 4 heterocycles. The molecule has 0 saturated heterocycles. The highest BCUT2D eigenvalue weighted by Crippen LogP contribution is 2.49. The molecule has 6 nitrogen and oxygen atoms in total. The Morgan fingerprint density at radius 2 is 0.356 bits per heavy atom. The van der Waals surface area contributed by atoms with Gasteiger partial charge in [-0.3, -0.25) is 0 Å². The number of aromatic nitrogens is 4. The molecule has 0 spiro atoms. The van der Waals surface area contributed by atoms with Crippen LogP contribution in [-0.2, 0) is 0 Å². The Kier molecular flexibility index (Phi) is 20.3. The number of nitrogens with zero attached hydrogens (tertiary/aromatic N) is 4. The molecule has 0 aliphatic heterocycles. The second kappa shape index (κ2) is 35.0. The first kappa shape index (κ1) is 84.9. The van der Waals surface area contributed by atoms with E-state index in [-0.39, 0.29) is 0 Å². The van der Waals surface area contributed by atoms with Crippen molar-refractivity contribution in [1.29, 1.82) is 0 Å². The van der Waals surface area contributed by atoms with Gasteiger partial charge in [-0.2, -0.15) is 0 Å². The summed E-state index contributed by atoms with van der Waals surface area (Å²) in [5, 5.41) is 32.3. The molecule has 26 aromatic carbocycles. The van der Waals surface area contributed by atoms with Gasteiger partial charge in [0.25, 0.3) is 0 Å². The van der Waals surface area contributed by atoms with Gasteiger partial charge in [0.05, 0.1) is 69.7 Å². The zero-order chi connectivity index (χ0) is 96.6. The maximum absolute atomic E-state index is 5.62. The van der Waals surface area contributed by atoms with E-state index in [9.17, 15) is 0 Å². The van der Waals surface area contributed by atoms with Gasteiger partial charge in [-0.15, -0.1) is 0 Å². The lowest BCUT2D eigenvalue weighted by molar-refractivity contribution is 0.415. The highest BCUT2D eigenvalue weighted by atomic mass is 16.5. The lowest BCUT2D eigenvalue weighted by Crippen LogP contribution is -1.97. The Balaban J connectivity index is 0.000000110. The number of methoxy groups -OCH3 is 2. The smallest absolute Gasteiger partial charge is 0.126 e. The minimum absolute atomic E-state index is 0.877. The molecule has 0 unspecified atom stereocenters. The molecule has 30 rings (SSSR count). The van der Waals surface area contributed by atoms with Crippen LogP contribution in [0.5, 0.6) is 11.5 Å². The van der Waals surface area contributed by atoms with Crippen molar-refractivity contribution in [3.8, 4) is 101 Å². The van der Waals surface area contributed by atoms with Crippen molar-refractivity contribution >= 4 is 184 Å². The van der Waals surface area contributed by atoms with Gasteiger partial charge in [-0.1, -0.05) is 400 Å². The van der Waals surface area contributed by atoms with E-state index in [1.54, 1.807) is 14.2 Å². The summed E-state index contributed by atoms with van der Waals surface area (Å²) >= 11 is 0. The zero-order valence-corrected chi connectivity index (χ0v) is 80.3. The van der Waals surface area contributed by atoms with Crippen LogP contribution in [-0.4, -0.2) is 32.5 Å². The van der Waals surface area contributed by atoms with E-state index < -0.39 is 0 Å². The predicted molar refractivity (Wildman–Crippen MR) is 620 cm³/mol. The predicted octanol–water partition coefficient (Wildman–Crippen LogP) is 37.8. The van der Waals surface area contributed by atoms with Crippen molar-refractivity contribution < 1.29 is 9.47 Å². The summed E-state index contributed by atoms with van der Waals surface area (Å²) in [6.07, 6.45) is 0. The quantitative estimate of drug-likeness (QED) is 0.122. The van der Waals surface area contributed by atoms with Crippen molar-refractivity contribution in [3.05, 3.63) is 522 Å². The van der Waals surface area contributed by atoms with E-state index >= 15 is 0 Å². The van der Waals surface area contributed by atoms with Gasteiger partial charge in [0.1, 0.15) is 11.5 Å². The minimum atomic E-state index is 0.877. The van der Waals surface area contributed by atoms with Gasteiger partial charge in [0.2, 0.25) is 0 Å². The molecule has 4 aromatic heterocycles. The van der Waals surface area contributed by atoms with E-state index in [4.69, 9.17) is 9.47 Å². The van der Waals surface area contributed by atoms with Crippen LogP contribution < -0.4 is 9.47 Å². The third-order valence-corrected chi connectivity index (χ3v) is 30.5. The summed E-state index contributed by atoms with van der Waals surface area (Å²) in [7, 11) is 3.43. The number of rotatable bonds is 12. The highest BCUT2D eigenvalue weighted by molar-refractivity contribution is 6.20. The molecule has 0 saturated carbocycles.